The Balaban J connectivity index is 1.08. The molecule has 11 aromatic rings. The zero-order valence-electron chi connectivity index (χ0n) is 54.9. The van der Waals surface area contributed by atoms with Crippen LogP contribution >= 0.6 is 0 Å². The number of hydrogen-bond acceptors (Lipinski definition) is 4. The van der Waals surface area contributed by atoms with E-state index >= 15 is 0 Å². The average Bonchev–Trinajstić information content (AvgIpc) is 1.17. The Bertz CT molecular complexity index is 4530. The third-order valence-electron chi connectivity index (χ3n) is 19.6. The van der Waals surface area contributed by atoms with Crippen molar-refractivity contribution in [2.24, 2.45) is 0 Å². The van der Waals surface area contributed by atoms with Crippen molar-refractivity contribution in [1.29, 1.82) is 0 Å². The maximum absolute atomic E-state index is 7.41. The van der Waals surface area contributed by atoms with Crippen LogP contribution in [-0.2, 0) is 32.5 Å². The first kappa shape index (κ1) is 57.2. The molecule has 1 aliphatic carbocycles. The highest BCUT2D eigenvalue weighted by atomic mass is 16.3. The molecule has 3 heterocycles. The maximum atomic E-state index is 7.41. The SMILES string of the molecule is CC(C)(C)c1ccc(N2B3c4cc(C(C)(C)C)ccc4N(c4ccc(C(C)(C)C)cc4-c4ccccc4)c4c3c(cc3c4oc4ccccc43)-c3cc4c(cc32)C(C)(C)c2ccc(N(c3ccc(C(C)(C)C)cc3)c3ccc(C(C)(C)C)cc3)cc2-4)cc1. The molecule has 0 spiro atoms. The lowest BCUT2D eigenvalue weighted by Gasteiger charge is -2.46. The van der Waals surface area contributed by atoms with Crippen LogP contribution in [0.1, 0.15) is 157 Å². The van der Waals surface area contributed by atoms with Crippen molar-refractivity contribution in [2.45, 2.75) is 150 Å². The molecule has 0 saturated heterocycles. The van der Waals surface area contributed by atoms with E-state index in [1.54, 1.807) is 0 Å². The molecule has 0 unspecified atom stereocenters. The fourth-order valence-corrected chi connectivity index (χ4v) is 14.4. The van der Waals surface area contributed by atoms with Gasteiger partial charge >= 0.3 is 6.85 Å². The lowest BCUT2D eigenvalue weighted by Crippen LogP contribution is -2.61. The van der Waals surface area contributed by atoms with Crippen LogP contribution in [0.15, 0.2) is 205 Å². The summed E-state index contributed by atoms with van der Waals surface area (Å²) in [7, 11) is 0. The Hall–Kier alpha value is -8.54. The molecule has 1 aromatic heterocycles. The van der Waals surface area contributed by atoms with Crippen LogP contribution < -0.4 is 25.5 Å². The Morgan fingerprint density at radius 1 is 0.386 bits per heavy atom. The fraction of sp³-hybridized carbons (Fsp3) is 0.277. The molecule has 0 radical (unpaired) electrons. The number of fused-ring (bicyclic) bond motifs is 11. The summed E-state index contributed by atoms with van der Waals surface area (Å²) >= 11 is 0. The van der Waals surface area contributed by atoms with Gasteiger partial charge in [-0.15, -0.1) is 0 Å². The zero-order valence-corrected chi connectivity index (χ0v) is 54.9. The molecule has 0 amide bonds. The average molecular weight is 1150 g/mol. The van der Waals surface area contributed by atoms with E-state index in [-0.39, 0.29) is 39.3 Å². The van der Waals surface area contributed by atoms with Crippen LogP contribution in [0.5, 0.6) is 0 Å². The summed E-state index contributed by atoms with van der Waals surface area (Å²) in [6.45, 7) is 39.4. The Kier molecular flexibility index (Phi) is 12.8. The van der Waals surface area contributed by atoms with Crippen LogP contribution in [0.2, 0.25) is 0 Å². The van der Waals surface area contributed by atoms with E-state index in [0.29, 0.717) is 0 Å². The van der Waals surface area contributed by atoms with Crippen molar-refractivity contribution in [1.82, 2.24) is 0 Å². The van der Waals surface area contributed by atoms with Gasteiger partial charge in [-0.05, 0) is 190 Å². The number of rotatable bonds is 6. The Morgan fingerprint density at radius 3 is 1.49 bits per heavy atom. The van der Waals surface area contributed by atoms with Gasteiger partial charge in [-0.25, -0.2) is 0 Å². The van der Waals surface area contributed by atoms with Gasteiger partial charge < -0.3 is 19.0 Å². The molecule has 0 fully saturated rings. The highest BCUT2D eigenvalue weighted by molar-refractivity contribution is 6.94. The lowest BCUT2D eigenvalue weighted by molar-refractivity contribution is 0.590. The van der Waals surface area contributed by atoms with Crippen LogP contribution in [0, 0.1) is 0 Å². The molecule has 3 aliphatic rings. The lowest BCUT2D eigenvalue weighted by atomic mass is 9.43. The predicted octanol–water partition coefficient (Wildman–Crippen LogP) is 22.2. The Morgan fingerprint density at radius 2 is 0.898 bits per heavy atom. The van der Waals surface area contributed by atoms with Gasteiger partial charge in [0, 0.05) is 61.4 Å². The molecule has 4 nitrogen and oxygen atoms in total. The summed E-state index contributed by atoms with van der Waals surface area (Å²) in [6, 6.07) is 77.2. The largest absolute Gasteiger partial charge is 0.454 e. The Labute approximate surface area is 524 Å². The first-order valence-corrected chi connectivity index (χ1v) is 31.9. The van der Waals surface area contributed by atoms with E-state index in [0.717, 1.165) is 61.8 Å². The van der Waals surface area contributed by atoms with Gasteiger partial charge in [0.2, 0.25) is 0 Å². The minimum atomic E-state index is -0.322. The molecule has 0 saturated carbocycles. The first-order valence-electron chi connectivity index (χ1n) is 31.9. The standard InChI is InChI=1S/C83H84BN3O/c1-78(2,3)52-27-35-57(36-28-52)85(58-37-29-53(30-38-58)79(4,5)6)60-41-42-68-63(47-60)64-48-65-66-49-67-61-25-21-22-26-74(61)88-77(67)76-75(66)84(87(73(65)50-69(64)83(68,16)17)59-39-31-54(32-40-59)80(7,8)9)70-46-56(82(13,14)15)34-44-72(70)86(76)71-43-33-55(81(10,11)12)45-62(71)51-23-19-18-20-24-51/h18-50H,1-17H3. The number of nitrogens with zero attached hydrogens (tertiary/aromatic N) is 3. The molecule has 10 aromatic carbocycles. The van der Waals surface area contributed by atoms with Crippen molar-refractivity contribution in [3.8, 4) is 33.4 Å². The van der Waals surface area contributed by atoms with Gasteiger partial charge in [-0.3, -0.25) is 0 Å². The van der Waals surface area contributed by atoms with E-state index in [1.165, 1.54) is 88.9 Å². The number of hydrogen-bond donors (Lipinski definition) is 0. The second kappa shape index (κ2) is 19.7. The van der Waals surface area contributed by atoms with Gasteiger partial charge in [0.15, 0.2) is 5.58 Å². The minimum absolute atomic E-state index is 0.0273. The molecule has 0 N–H and O–H groups in total. The van der Waals surface area contributed by atoms with E-state index < -0.39 is 0 Å². The highest BCUT2D eigenvalue weighted by Gasteiger charge is 2.49. The van der Waals surface area contributed by atoms with Crippen molar-refractivity contribution in [2.75, 3.05) is 14.6 Å². The summed E-state index contributed by atoms with van der Waals surface area (Å²) in [5.74, 6) is 0. The normalized spacial score (nSPS) is 14.4. The molecule has 2 aliphatic heterocycles. The van der Waals surface area contributed by atoms with Crippen molar-refractivity contribution in [3.63, 3.8) is 0 Å². The quantitative estimate of drug-likeness (QED) is 0.155. The second-order valence-electron chi connectivity index (χ2n) is 31.1. The number of anilines is 8. The van der Waals surface area contributed by atoms with Crippen LogP contribution in [0.3, 0.4) is 0 Å². The topological polar surface area (TPSA) is 22.9 Å². The molecule has 0 atom stereocenters. The number of furan rings is 1. The van der Waals surface area contributed by atoms with Crippen LogP contribution in [-0.4, -0.2) is 6.85 Å². The van der Waals surface area contributed by atoms with E-state index in [9.17, 15) is 0 Å². The zero-order chi connectivity index (χ0) is 61.9. The third kappa shape index (κ3) is 9.23. The summed E-state index contributed by atoms with van der Waals surface area (Å²) in [5.41, 5.74) is 29.4. The fourth-order valence-electron chi connectivity index (χ4n) is 14.4. The smallest absolute Gasteiger partial charge is 0.333 e. The molecule has 88 heavy (non-hydrogen) atoms. The molecular weight excluding hydrogens is 1070 g/mol. The van der Waals surface area contributed by atoms with Crippen molar-refractivity contribution in [3.05, 3.63) is 239 Å². The van der Waals surface area contributed by atoms with E-state index in [2.05, 4.69) is 333 Å². The van der Waals surface area contributed by atoms with Gasteiger partial charge in [-0.2, -0.15) is 0 Å². The van der Waals surface area contributed by atoms with Crippen LogP contribution in [0.25, 0.3) is 55.3 Å². The summed E-state index contributed by atoms with van der Waals surface area (Å²) in [5, 5.41) is 2.22. The molecule has 440 valence electrons. The van der Waals surface area contributed by atoms with Gasteiger partial charge in [0.25, 0.3) is 0 Å². The van der Waals surface area contributed by atoms with Crippen molar-refractivity contribution < 1.29 is 4.42 Å². The minimum Gasteiger partial charge on any atom is -0.454 e. The van der Waals surface area contributed by atoms with Crippen LogP contribution in [0.4, 0.5) is 45.5 Å². The van der Waals surface area contributed by atoms with E-state index in [4.69, 9.17) is 4.42 Å². The third-order valence-corrected chi connectivity index (χ3v) is 19.6. The summed E-state index contributed by atoms with van der Waals surface area (Å²) in [4.78, 5) is 7.76. The number of benzene rings is 10. The maximum Gasteiger partial charge on any atom is 0.333 e. The second-order valence-corrected chi connectivity index (χ2v) is 31.1. The summed E-state index contributed by atoms with van der Waals surface area (Å²) < 4.78 is 7.41. The van der Waals surface area contributed by atoms with Gasteiger partial charge in [-0.1, -0.05) is 227 Å². The van der Waals surface area contributed by atoms with Gasteiger partial charge in [0.1, 0.15) is 5.58 Å². The highest BCUT2D eigenvalue weighted by Crippen LogP contribution is 2.58. The molecule has 14 rings (SSSR count). The monoisotopic (exact) mass is 1150 g/mol. The summed E-state index contributed by atoms with van der Waals surface area (Å²) in [6.07, 6.45) is 0. The molecule has 5 heteroatoms. The van der Waals surface area contributed by atoms with E-state index in [1.807, 2.05) is 0 Å². The number of para-hydroxylation sites is 1. The van der Waals surface area contributed by atoms with Crippen molar-refractivity contribution >= 4 is 85.2 Å². The molecular formula is C83H84BN3O. The predicted molar refractivity (Wildman–Crippen MR) is 379 cm³/mol. The molecule has 0 bridgehead atoms. The first-order chi connectivity index (χ1) is 41.6. The van der Waals surface area contributed by atoms with Gasteiger partial charge in [0.05, 0.1) is 11.4 Å².